The standard InChI is InChI=1S/C15H15FOS/c1-2-18-14-8-6-11(7-9-14)15(17)12-4-3-5-13(16)10-12/h3-10,15,17H,2H2,1H3/t15-/m0/s1. The predicted molar refractivity (Wildman–Crippen MR) is 73.3 cm³/mol. The van der Waals surface area contributed by atoms with Gasteiger partial charge >= 0.3 is 0 Å². The number of rotatable bonds is 4. The summed E-state index contributed by atoms with van der Waals surface area (Å²) in [4.78, 5) is 1.17. The lowest BCUT2D eigenvalue weighted by Gasteiger charge is -2.12. The second kappa shape index (κ2) is 6.03. The molecule has 0 saturated carbocycles. The molecule has 0 saturated heterocycles. The molecule has 0 aliphatic carbocycles. The molecule has 0 radical (unpaired) electrons. The minimum atomic E-state index is -0.777. The van der Waals surface area contributed by atoms with Crippen molar-refractivity contribution in [2.24, 2.45) is 0 Å². The van der Waals surface area contributed by atoms with Gasteiger partial charge in [0.15, 0.2) is 0 Å². The maximum Gasteiger partial charge on any atom is 0.123 e. The minimum absolute atomic E-state index is 0.329. The number of benzene rings is 2. The Bertz CT molecular complexity index is 510. The van der Waals surface area contributed by atoms with Crippen molar-refractivity contribution in [3.8, 4) is 0 Å². The van der Waals surface area contributed by atoms with Crippen LogP contribution in [-0.4, -0.2) is 10.9 Å². The molecular weight excluding hydrogens is 247 g/mol. The van der Waals surface area contributed by atoms with Crippen LogP contribution in [0.2, 0.25) is 0 Å². The summed E-state index contributed by atoms with van der Waals surface area (Å²) in [7, 11) is 0. The van der Waals surface area contributed by atoms with Crippen molar-refractivity contribution in [1.82, 2.24) is 0 Å². The summed E-state index contributed by atoms with van der Waals surface area (Å²) in [5, 5.41) is 10.2. The van der Waals surface area contributed by atoms with E-state index in [4.69, 9.17) is 0 Å². The molecule has 94 valence electrons. The van der Waals surface area contributed by atoms with E-state index in [1.54, 1.807) is 23.9 Å². The van der Waals surface area contributed by atoms with Gasteiger partial charge in [-0.3, -0.25) is 0 Å². The van der Waals surface area contributed by atoms with Gasteiger partial charge < -0.3 is 5.11 Å². The summed E-state index contributed by atoms with van der Waals surface area (Å²) in [6, 6.07) is 13.8. The monoisotopic (exact) mass is 262 g/mol. The summed E-state index contributed by atoms with van der Waals surface area (Å²) in [5.41, 5.74) is 1.35. The molecular formula is C15H15FOS. The second-order valence-electron chi connectivity index (χ2n) is 3.96. The molecule has 0 aliphatic heterocycles. The minimum Gasteiger partial charge on any atom is -0.384 e. The highest BCUT2D eigenvalue weighted by Crippen LogP contribution is 2.25. The molecule has 0 amide bonds. The molecule has 0 fully saturated rings. The Morgan fingerprint density at radius 2 is 1.83 bits per heavy atom. The first kappa shape index (κ1) is 13.1. The van der Waals surface area contributed by atoms with Crippen molar-refractivity contribution in [3.63, 3.8) is 0 Å². The first-order valence-corrected chi connectivity index (χ1v) is 6.85. The van der Waals surface area contributed by atoms with Crippen molar-refractivity contribution < 1.29 is 9.50 Å². The molecule has 0 heterocycles. The van der Waals surface area contributed by atoms with E-state index < -0.39 is 6.10 Å². The van der Waals surface area contributed by atoms with E-state index in [1.165, 1.54) is 17.0 Å². The SMILES string of the molecule is CCSc1ccc([C@H](O)c2cccc(F)c2)cc1. The third-order valence-electron chi connectivity index (χ3n) is 2.67. The highest BCUT2D eigenvalue weighted by atomic mass is 32.2. The third-order valence-corrected chi connectivity index (χ3v) is 3.57. The number of halogens is 1. The van der Waals surface area contributed by atoms with E-state index in [2.05, 4.69) is 6.92 Å². The highest BCUT2D eigenvalue weighted by Gasteiger charge is 2.10. The van der Waals surface area contributed by atoms with Crippen LogP contribution < -0.4 is 0 Å². The van der Waals surface area contributed by atoms with Gasteiger partial charge in [-0.15, -0.1) is 11.8 Å². The van der Waals surface area contributed by atoms with Gasteiger partial charge in [0.2, 0.25) is 0 Å². The summed E-state index contributed by atoms with van der Waals surface area (Å²) < 4.78 is 13.1. The Morgan fingerprint density at radius 1 is 1.11 bits per heavy atom. The Morgan fingerprint density at radius 3 is 2.44 bits per heavy atom. The normalized spacial score (nSPS) is 12.4. The van der Waals surface area contributed by atoms with Crippen LogP contribution >= 0.6 is 11.8 Å². The van der Waals surface area contributed by atoms with E-state index in [0.29, 0.717) is 5.56 Å². The Hall–Kier alpha value is -1.32. The van der Waals surface area contributed by atoms with Crippen molar-refractivity contribution >= 4 is 11.8 Å². The summed E-state index contributed by atoms with van der Waals surface area (Å²) >= 11 is 1.75. The molecule has 0 aliphatic rings. The van der Waals surface area contributed by atoms with Gasteiger partial charge in [0.25, 0.3) is 0 Å². The van der Waals surface area contributed by atoms with Crippen molar-refractivity contribution in [1.29, 1.82) is 0 Å². The first-order valence-electron chi connectivity index (χ1n) is 5.87. The molecule has 2 aromatic carbocycles. The molecule has 0 aromatic heterocycles. The first-order chi connectivity index (χ1) is 8.70. The summed E-state index contributed by atoms with van der Waals surface area (Å²) in [6.07, 6.45) is -0.777. The molecule has 18 heavy (non-hydrogen) atoms. The zero-order valence-corrected chi connectivity index (χ0v) is 11.0. The van der Waals surface area contributed by atoms with Crippen LogP contribution in [0.25, 0.3) is 0 Å². The quantitative estimate of drug-likeness (QED) is 0.840. The fourth-order valence-corrected chi connectivity index (χ4v) is 2.44. The van der Waals surface area contributed by atoms with E-state index in [-0.39, 0.29) is 5.82 Å². The average molecular weight is 262 g/mol. The van der Waals surface area contributed by atoms with Crippen LogP contribution in [0.5, 0.6) is 0 Å². The summed E-state index contributed by atoms with van der Waals surface area (Å²) in [6.45, 7) is 2.10. The van der Waals surface area contributed by atoms with E-state index in [1.807, 2.05) is 24.3 Å². The van der Waals surface area contributed by atoms with Gasteiger partial charge in [0.05, 0.1) is 0 Å². The van der Waals surface area contributed by atoms with Crippen LogP contribution in [0.15, 0.2) is 53.4 Å². The highest BCUT2D eigenvalue weighted by molar-refractivity contribution is 7.99. The Labute approximate surface area is 111 Å². The molecule has 1 nitrogen and oxygen atoms in total. The number of hydrogen-bond acceptors (Lipinski definition) is 2. The van der Waals surface area contributed by atoms with Gasteiger partial charge in [-0.1, -0.05) is 31.2 Å². The van der Waals surface area contributed by atoms with Crippen LogP contribution in [0.4, 0.5) is 4.39 Å². The zero-order valence-electron chi connectivity index (χ0n) is 10.1. The number of aliphatic hydroxyl groups is 1. The lowest BCUT2D eigenvalue weighted by molar-refractivity contribution is 0.219. The molecule has 0 spiro atoms. The van der Waals surface area contributed by atoms with Gasteiger partial charge in [0.1, 0.15) is 11.9 Å². The zero-order chi connectivity index (χ0) is 13.0. The predicted octanol–water partition coefficient (Wildman–Crippen LogP) is 4.02. The lowest BCUT2D eigenvalue weighted by atomic mass is 10.0. The van der Waals surface area contributed by atoms with Crippen molar-refractivity contribution in [3.05, 3.63) is 65.5 Å². The maximum atomic E-state index is 13.1. The molecule has 2 aromatic rings. The smallest absolute Gasteiger partial charge is 0.123 e. The summed E-state index contributed by atoms with van der Waals surface area (Å²) in [5.74, 6) is 0.691. The van der Waals surface area contributed by atoms with Gasteiger partial charge in [0, 0.05) is 4.90 Å². The number of thioether (sulfide) groups is 1. The lowest BCUT2D eigenvalue weighted by Crippen LogP contribution is -1.99. The molecule has 2 rings (SSSR count). The molecule has 0 unspecified atom stereocenters. The molecule has 0 bridgehead atoms. The van der Waals surface area contributed by atoms with Crippen molar-refractivity contribution in [2.45, 2.75) is 17.9 Å². The fraction of sp³-hybridized carbons (Fsp3) is 0.200. The van der Waals surface area contributed by atoms with Gasteiger partial charge in [-0.2, -0.15) is 0 Å². The van der Waals surface area contributed by atoms with Crippen LogP contribution in [0.3, 0.4) is 0 Å². The van der Waals surface area contributed by atoms with E-state index in [9.17, 15) is 9.50 Å². The fourth-order valence-electron chi connectivity index (χ4n) is 1.78. The molecule has 1 N–H and O–H groups in total. The van der Waals surface area contributed by atoms with E-state index >= 15 is 0 Å². The topological polar surface area (TPSA) is 20.2 Å². The second-order valence-corrected chi connectivity index (χ2v) is 5.30. The number of hydrogen-bond donors (Lipinski definition) is 1. The van der Waals surface area contributed by atoms with Crippen molar-refractivity contribution in [2.75, 3.05) is 5.75 Å². The number of aliphatic hydroxyl groups excluding tert-OH is 1. The van der Waals surface area contributed by atoms with Crippen LogP contribution in [0.1, 0.15) is 24.2 Å². The van der Waals surface area contributed by atoms with Gasteiger partial charge in [-0.05, 0) is 41.1 Å². The Kier molecular flexibility index (Phi) is 4.39. The van der Waals surface area contributed by atoms with E-state index in [0.717, 1.165) is 11.3 Å². The third kappa shape index (κ3) is 3.12. The Balaban J connectivity index is 2.20. The maximum absolute atomic E-state index is 13.1. The molecule has 1 atom stereocenters. The van der Waals surface area contributed by atoms with Gasteiger partial charge in [-0.25, -0.2) is 4.39 Å². The average Bonchev–Trinajstić information content (AvgIpc) is 2.39. The largest absolute Gasteiger partial charge is 0.384 e. The van der Waals surface area contributed by atoms with Crippen LogP contribution in [0, 0.1) is 5.82 Å². The van der Waals surface area contributed by atoms with Crippen LogP contribution in [-0.2, 0) is 0 Å². The molecule has 3 heteroatoms.